The van der Waals surface area contributed by atoms with Crippen LogP contribution in [0.4, 0.5) is 5.82 Å². The Morgan fingerprint density at radius 3 is 2.87 bits per heavy atom. The first-order chi connectivity index (χ1) is 11.3. The topological polar surface area (TPSA) is 49.3 Å². The van der Waals surface area contributed by atoms with E-state index in [-0.39, 0.29) is 5.92 Å². The Balaban J connectivity index is 1.36. The first-order valence-corrected chi connectivity index (χ1v) is 9.04. The molecule has 1 amide bonds. The van der Waals surface area contributed by atoms with Crippen LogP contribution in [0.5, 0.6) is 0 Å². The molecule has 23 heavy (non-hydrogen) atoms. The van der Waals surface area contributed by atoms with Crippen LogP contribution in [0.2, 0.25) is 0 Å². The lowest BCUT2D eigenvalue weighted by Gasteiger charge is -2.35. The molecule has 0 spiro atoms. The number of thiophene rings is 1. The molecule has 0 aromatic carbocycles. The molecule has 2 aliphatic heterocycles. The van der Waals surface area contributed by atoms with E-state index in [1.165, 1.54) is 10.4 Å². The number of piperidine rings is 1. The van der Waals surface area contributed by atoms with Gasteiger partial charge in [-0.3, -0.25) is 9.78 Å². The number of nitrogens with zero attached hydrogens (tertiary/aromatic N) is 4. The van der Waals surface area contributed by atoms with Crippen LogP contribution in [-0.4, -0.2) is 40.4 Å². The summed E-state index contributed by atoms with van der Waals surface area (Å²) in [5.41, 5.74) is 1.34. The van der Waals surface area contributed by atoms with Gasteiger partial charge in [0.05, 0.1) is 6.20 Å². The average molecular weight is 328 g/mol. The molecule has 6 heteroatoms. The minimum absolute atomic E-state index is 0.156. The first kappa shape index (κ1) is 14.6. The number of hydrogen-bond acceptors (Lipinski definition) is 5. The van der Waals surface area contributed by atoms with Gasteiger partial charge in [-0.25, -0.2) is 4.98 Å². The summed E-state index contributed by atoms with van der Waals surface area (Å²) < 4.78 is 0. The van der Waals surface area contributed by atoms with Gasteiger partial charge in [0.1, 0.15) is 5.82 Å². The maximum absolute atomic E-state index is 12.8. The Bertz CT molecular complexity index is 679. The summed E-state index contributed by atoms with van der Waals surface area (Å²) in [6, 6.07) is 2.16. The fraction of sp³-hybridized carbons (Fsp3) is 0.471. The monoisotopic (exact) mass is 328 g/mol. The standard InChI is InChI=1S/C17H20N4OS/c22-17(21-9-3-15-14(12-21)4-10-23-15)13-1-7-20(8-2-13)16-11-18-5-6-19-16/h4-6,10-11,13H,1-3,7-9,12H2. The molecule has 1 saturated heterocycles. The highest BCUT2D eigenvalue weighted by atomic mass is 32.1. The van der Waals surface area contributed by atoms with Crippen LogP contribution in [0.3, 0.4) is 0 Å². The molecule has 0 aliphatic carbocycles. The number of fused-ring (bicyclic) bond motifs is 1. The van der Waals surface area contributed by atoms with Crippen molar-refractivity contribution >= 4 is 23.1 Å². The van der Waals surface area contributed by atoms with Crippen molar-refractivity contribution in [2.24, 2.45) is 5.92 Å². The van der Waals surface area contributed by atoms with Crippen molar-refractivity contribution in [2.75, 3.05) is 24.5 Å². The first-order valence-electron chi connectivity index (χ1n) is 8.16. The molecule has 120 valence electrons. The number of amides is 1. The highest BCUT2D eigenvalue weighted by Crippen LogP contribution is 2.28. The molecule has 2 aliphatic rings. The van der Waals surface area contributed by atoms with E-state index in [0.717, 1.165) is 51.3 Å². The molecule has 0 bridgehead atoms. The maximum atomic E-state index is 12.8. The summed E-state index contributed by atoms with van der Waals surface area (Å²) in [5.74, 6) is 1.41. The van der Waals surface area contributed by atoms with Gasteiger partial charge in [-0.15, -0.1) is 11.3 Å². The molecule has 0 radical (unpaired) electrons. The fourth-order valence-corrected chi connectivity index (χ4v) is 4.39. The van der Waals surface area contributed by atoms with E-state index < -0.39 is 0 Å². The van der Waals surface area contributed by atoms with Crippen molar-refractivity contribution in [3.8, 4) is 0 Å². The largest absolute Gasteiger partial charge is 0.355 e. The number of carbonyl (C=O) groups excluding carboxylic acids is 1. The zero-order valence-corrected chi connectivity index (χ0v) is 13.8. The summed E-state index contributed by atoms with van der Waals surface area (Å²) in [6.07, 6.45) is 8.03. The van der Waals surface area contributed by atoms with Crippen LogP contribution in [0.25, 0.3) is 0 Å². The third-order valence-corrected chi connectivity index (χ3v) is 5.86. The van der Waals surface area contributed by atoms with E-state index in [9.17, 15) is 4.79 Å². The predicted octanol–water partition coefficient (Wildman–Crippen LogP) is 2.34. The van der Waals surface area contributed by atoms with Gasteiger partial charge in [-0.2, -0.15) is 0 Å². The van der Waals surface area contributed by atoms with Crippen LogP contribution >= 0.6 is 11.3 Å². The van der Waals surface area contributed by atoms with Gasteiger partial charge < -0.3 is 9.80 Å². The minimum atomic E-state index is 0.156. The third kappa shape index (κ3) is 2.95. The van der Waals surface area contributed by atoms with Crippen LogP contribution < -0.4 is 4.90 Å². The van der Waals surface area contributed by atoms with Crippen molar-refractivity contribution < 1.29 is 4.79 Å². The summed E-state index contributed by atoms with van der Waals surface area (Å²) in [5, 5.41) is 2.14. The van der Waals surface area contributed by atoms with E-state index in [4.69, 9.17) is 0 Å². The van der Waals surface area contributed by atoms with Gasteiger partial charge in [-0.1, -0.05) is 0 Å². The van der Waals surface area contributed by atoms with E-state index in [1.807, 2.05) is 11.3 Å². The Labute approximate surface area is 140 Å². The van der Waals surface area contributed by atoms with Crippen molar-refractivity contribution in [1.29, 1.82) is 0 Å². The smallest absolute Gasteiger partial charge is 0.226 e. The van der Waals surface area contributed by atoms with E-state index in [0.29, 0.717) is 5.91 Å². The zero-order chi connectivity index (χ0) is 15.6. The number of carbonyl (C=O) groups is 1. The molecule has 4 heterocycles. The molecule has 0 saturated carbocycles. The number of anilines is 1. The highest BCUT2D eigenvalue weighted by molar-refractivity contribution is 7.10. The van der Waals surface area contributed by atoms with Crippen molar-refractivity contribution in [2.45, 2.75) is 25.8 Å². The lowest BCUT2D eigenvalue weighted by molar-refractivity contribution is -0.137. The maximum Gasteiger partial charge on any atom is 0.226 e. The Morgan fingerprint density at radius 1 is 1.22 bits per heavy atom. The summed E-state index contributed by atoms with van der Waals surface area (Å²) in [4.78, 5) is 27.0. The zero-order valence-electron chi connectivity index (χ0n) is 13.0. The van der Waals surface area contributed by atoms with Crippen molar-refractivity contribution in [3.63, 3.8) is 0 Å². The molecule has 0 N–H and O–H groups in total. The molecule has 0 atom stereocenters. The molecule has 0 unspecified atom stereocenters. The Kier molecular flexibility index (Phi) is 3.99. The van der Waals surface area contributed by atoms with E-state index in [1.54, 1.807) is 18.6 Å². The van der Waals surface area contributed by atoms with Crippen LogP contribution in [0.15, 0.2) is 30.0 Å². The van der Waals surface area contributed by atoms with Crippen LogP contribution in [0, 0.1) is 5.92 Å². The van der Waals surface area contributed by atoms with Gasteiger partial charge in [0.15, 0.2) is 0 Å². The molecule has 1 fully saturated rings. The molecular formula is C17H20N4OS. The Morgan fingerprint density at radius 2 is 2.09 bits per heavy atom. The van der Waals surface area contributed by atoms with E-state index >= 15 is 0 Å². The second-order valence-electron chi connectivity index (χ2n) is 6.20. The second-order valence-corrected chi connectivity index (χ2v) is 7.20. The van der Waals surface area contributed by atoms with E-state index in [2.05, 4.69) is 31.2 Å². The minimum Gasteiger partial charge on any atom is -0.355 e. The van der Waals surface area contributed by atoms with Gasteiger partial charge in [0.25, 0.3) is 0 Å². The van der Waals surface area contributed by atoms with Crippen LogP contribution in [-0.2, 0) is 17.8 Å². The summed E-state index contributed by atoms with van der Waals surface area (Å²) in [6.45, 7) is 3.43. The van der Waals surface area contributed by atoms with Gasteiger partial charge in [0, 0.05) is 49.4 Å². The molecule has 2 aromatic rings. The lowest BCUT2D eigenvalue weighted by Crippen LogP contribution is -2.44. The number of hydrogen-bond donors (Lipinski definition) is 0. The van der Waals surface area contributed by atoms with Crippen molar-refractivity contribution in [1.82, 2.24) is 14.9 Å². The average Bonchev–Trinajstić information content (AvgIpc) is 3.10. The quantitative estimate of drug-likeness (QED) is 0.849. The van der Waals surface area contributed by atoms with Gasteiger partial charge >= 0.3 is 0 Å². The third-order valence-electron chi connectivity index (χ3n) is 4.84. The lowest BCUT2D eigenvalue weighted by atomic mass is 9.94. The number of rotatable bonds is 2. The summed E-state index contributed by atoms with van der Waals surface area (Å²) >= 11 is 1.82. The second kappa shape index (κ2) is 6.28. The van der Waals surface area contributed by atoms with Gasteiger partial charge in [0.2, 0.25) is 5.91 Å². The molecule has 2 aromatic heterocycles. The molecule has 4 rings (SSSR count). The predicted molar refractivity (Wildman–Crippen MR) is 90.4 cm³/mol. The molecule has 5 nitrogen and oxygen atoms in total. The molecular weight excluding hydrogens is 308 g/mol. The van der Waals surface area contributed by atoms with Crippen molar-refractivity contribution in [3.05, 3.63) is 40.5 Å². The summed E-state index contributed by atoms with van der Waals surface area (Å²) in [7, 11) is 0. The number of aromatic nitrogens is 2. The normalized spacial score (nSPS) is 18.8. The Hall–Kier alpha value is -1.95. The SMILES string of the molecule is O=C(C1CCN(c2cnccn2)CC1)N1CCc2sccc2C1. The highest BCUT2D eigenvalue weighted by Gasteiger charge is 2.30. The fourth-order valence-electron chi connectivity index (χ4n) is 3.50. The van der Waals surface area contributed by atoms with Crippen LogP contribution in [0.1, 0.15) is 23.3 Å². The van der Waals surface area contributed by atoms with Gasteiger partial charge in [-0.05, 0) is 36.3 Å².